The summed E-state index contributed by atoms with van der Waals surface area (Å²) in [6.07, 6.45) is 3.09. The summed E-state index contributed by atoms with van der Waals surface area (Å²) in [5, 5.41) is -0.579. The summed E-state index contributed by atoms with van der Waals surface area (Å²) in [6.45, 7) is 12.0. The number of hydrogen-bond acceptors (Lipinski definition) is 5. The molecule has 1 aromatic rings. The second-order valence-corrected chi connectivity index (χ2v) is 17.8. The Morgan fingerprint density at radius 1 is 1.12 bits per heavy atom. The van der Waals surface area contributed by atoms with Crippen LogP contribution in [0.15, 0.2) is 35.2 Å². The van der Waals surface area contributed by atoms with Crippen molar-refractivity contribution in [3.8, 4) is 0 Å². The number of nitrogens with zero attached hydrogens (tertiary/aromatic N) is 1. The van der Waals surface area contributed by atoms with Gasteiger partial charge in [-0.15, -0.1) is 0 Å². The van der Waals surface area contributed by atoms with E-state index in [4.69, 9.17) is 9.16 Å². The highest BCUT2D eigenvalue weighted by atomic mass is 32.2. The van der Waals surface area contributed by atoms with Gasteiger partial charge in [-0.05, 0) is 62.4 Å². The van der Waals surface area contributed by atoms with E-state index in [-0.39, 0.29) is 11.1 Å². The normalized spacial score (nSPS) is 27.4. The summed E-state index contributed by atoms with van der Waals surface area (Å²) >= 11 is 0. The SMILES string of the molecule is COC(=O)N1CCC[C@@]2(C1)[C@@H](O[Si](C)(C)C(C)(C)C)CCC[C@H]2S(=O)(=O)c1ccccc1. The molecule has 0 aromatic heterocycles. The Hall–Kier alpha value is -1.38. The van der Waals surface area contributed by atoms with Gasteiger partial charge >= 0.3 is 6.09 Å². The molecule has 8 heteroatoms. The molecule has 2 aliphatic rings. The Balaban J connectivity index is 2.09. The second-order valence-electron chi connectivity index (χ2n) is 10.9. The molecule has 0 radical (unpaired) electrons. The molecule has 3 rings (SSSR count). The Bertz CT molecular complexity index is 912. The van der Waals surface area contributed by atoms with Crippen LogP contribution >= 0.6 is 0 Å². The van der Waals surface area contributed by atoms with E-state index in [9.17, 15) is 13.2 Å². The first kappa shape index (κ1) is 25.2. The quantitative estimate of drug-likeness (QED) is 0.549. The molecule has 0 unspecified atom stereocenters. The lowest BCUT2D eigenvalue weighted by Crippen LogP contribution is -2.63. The number of hydrogen-bond donors (Lipinski definition) is 0. The largest absolute Gasteiger partial charge is 0.453 e. The van der Waals surface area contributed by atoms with Gasteiger partial charge in [0.1, 0.15) is 0 Å². The van der Waals surface area contributed by atoms with Gasteiger partial charge in [0.05, 0.1) is 23.4 Å². The molecule has 32 heavy (non-hydrogen) atoms. The summed E-state index contributed by atoms with van der Waals surface area (Å²) in [4.78, 5) is 14.5. The summed E-state index contributed by atoms with van der Waals surface area (Å²) in [5.74, 6) is 0. The van der Waals surface area contributed by atoms with Crippen molar-refractivity contribution in [2.24, 2.45) is 5.41 Å². The van der Waals surface area contributed by atoms with E-state index in [2.05, 4.69) is 33.9 Å². The van der Waals surface area contributed by atoms with E-state index in [0.717, 1.165) is 25.7 Å². The Labute approximate surface area is 194 Å². The maximum atomic E-state index is 13.9. The predicted octanol–water partition coefficient (Wildman–Crippen LogP) is 5.25. The molecule has 1 heterocycles. The van der Waals surface area contributed by atoms with Crippen LogP contribution in [0.1, 0.15) is 52.9 Å². The van der Waals surface area contributed by atoms with Crippen LogP contribution < -0.4 is 0 Å². The molecule has 1 aromatic carbocycles. The van der Waals surface area contributed by atoms with Crippen LogP contribution in [-0.4, -0.2) is 59.3 Å². The van der Waals surface area contributed by atoms with Gasteiger partial charge in [0.15, 0.2) is 18.2 Å². The fraction of sp³-hybridized carbons (Fsp3) is 0.708. The van der Waals surface area contributed by atoms with Crippen LogP contribution in [-0.2, 0) is 19.0 Å². The molecule has 1 spiro atoms. The molecular formula is C24H39NO5SSi. The third-order valence-corrected chi connectivity index (χ3v) is 14.8. The van der Waals surface area contributed by atoms with E-state index in [0.29, 0.717) is 24.4 Å². The topological polar surface area (TPSA) is 72.9 Å². The number of rotatable bonds is 4. The molecule has 0 bridgehead atoms. The number of carbonyl (C=O) groups excluding carboxylic acids is 1. The molecule has 1 aliphatic carbocycles. The molecule has 6 nitrogen and oxygen atoms in total. The molecule has 1 amide bonds. The number of sulfone groups is 1. The van der Waals surface area contributed by atoms with Crippen molar-refractivity contribution in [2.75, 3.05) is 20.2 Å². The number of likely N-dealkylation sites (tertiary alicyclic amines) is 1. The number of benzene rings is 1. The van der Waals surface area contributed by atoms with E-state index in [1.54, 1.807) is 29.2 Å². The Morgan fingerprint density at radius 2 is 1.78 bits per heavy atom. The van der Waals surface area contributed by atoms with E-state index in [1.807, 2.05) is 6.07 Å². The van der Waals surface area contributed by atoms with Gasteiger partial charge in [-0.2, -0.15) is 0 Å². The first-order chi connectivity index (χ1) is 14.8. The van der Waals surface area contributed by atoms with Gasteiger partial charge in [0.2, 0.25) is 0 Å². The van der Waals surface area contributed by atoms with Gasteiger partial charge < -0.3 is 14.1 Å². The number of methoxy groups -OCH3 is 1. The van der Waals surface area contributed by atoms with E-state index < -0.39 is 34.9 Å². The lowest BCUT2D eigenvalue weighted by atomic mass is 9.67. The Morgan fingerprint density at radius 3 is 2.38 bits per heavy atom. The maximum Gasteiger partial charge on any atom is 0.409 e. The zero-order valence-electron chi connectivity index (χ0n) is 20.4. The van der Waals surface area contributed by atoms with Gasteiger partial charge in [0, 0.05) is 18.5 Å². The first-order valence-electron chi connectivity index (χ1n) is 11.6. The van der Waals surface area contributed by atoms with Crippen molar-refractivity contribution < 1.29 is 22.4 Å². The zero-order valence-corrected chi connectivity index (χ0v) is 22.2. The minimum Gasteiger partial charge on any atom is -0.453 e. The van der Waals surface area contributed by atoms with Crippen LogP contribution in [0.25, 0.3) is 0 Å². The number of amides is 1. The molecular weight excluding hydrogens is 442 g/mol. The standard InChI is InChI=1S/C24H39NO5SSi/c1-23(2,3)32(5,6)30-20-14-10-15-21(31(27,28)19-12-8-7-9-13-19)24(20)16-11-17-25(18-24)22(26)29-4/h7-9,12-13,20-21H,10-11,14-18H2,1-6H3/t20-,21+,24+/m0/s1. The first-order valence-corrected chi connectivity index (χ1v) is 16.1. The minimum atomic E-state index is -3.59. The van der Waals surface area contributed by atoms with Gasteiger partial charge in [-0.25, -0.2) is 13.2 Å². The van der Waals surface area contributed by atoms with Gasteiger partial charge in [-0.1, -0.05) is 39.0 Å². The highest BCUT2D eigenvalue weighted by Crippen LogP contribution is 2.51. The fourth-order valence-corrected chi connectivity index (χ4v) is 8.86. The zero-order chi connectivity index (χ0) is 23.8. The molecule has 3 atom stereocenters. The summed E-state index contributed by atoms with van der Waals surface area (Å²) in [6, 6.07) is 8.74. The van der Waals surface area contributed by atoms with Crippen LogP contribution in [0.2, 0.25) is 18.1 Å². The van der Waals surface area contributed by atoms with Gasteiger partial charge in [-0.3, -0.25) is 0 Å². The minimum absolute atomic E-state index is 0.0101. The lowest BCUT2D eigenvalue weighted by Gasteiger charge is -2.55. The highest BCUT2D eigenvalue weighted by molar-refractivity contribution is 7.92. The molecule has 0 N–H and O–H groups in total. The van der Waals surface area contributed by atoms with Crippen LogP contribution in [0.4, 0.5) is 4.79 Å². The van der Waals surface area contributed by atoms with E-state index >= 15 is 0 Å². The number of carbonyl (C=O) groups is 1. The third-order valence-electron chi connectivity index (χ3n) is 7.89. The van der Waals surface area contributed by atoms with E-state index in [1.165, 1.54) is 7.11 Å². The van der Waals surface area contributed by atoms with Crippen molar-refractivity contribution >= 4 is 24.2 Å². The van der Waals surface area contributed by atoms with Crippen LogP contribution in [0.5, 0.6) is 0 Å². The van der Waals surface area contributed by atoms with Crippen molar-refractivity contribution in [3.05, 3.63) is 30.3 Å². The lowest BCUT2D eigenvalue weighted by molar-refractivity contribution is -0.0451. The molecule has 180 valence electrons. The van der Waals surface area contributed by atoms with Gasteiger partial charge in [0.25, 0.3) is 0 Å². The number of ether oxygens (including phenoxy) is 1. The number of piperidine rings is 1. The molecule has 1 saturated heterocycles. The molecule has 1 aliphatic heterocycles. The van der Waals surface area contributed by atoms with Crippen molar-refractivity contribution in [1.82, 2.24) is 4.90 Å². The Kier molecular flexibility index (Phi) is 7.18. The predicted molar refractivity (Wildman–Crippen MR) is 129 cm³/mol. The van der Waals surface area contributed by atoms with Crippen LogP contribution in [0, 0.1) is 5.41 Å². The third kappa shape index (κ3) is 4.64. The molecule has 1 saturated carbocycles. The molecule has 2 fully saturated rings. The van der Waals surface area contributed by atoms with Crippen molar-refractivity contribution in [2.45, 2.75) is 87.3 Å². The van der Waals surface area contributed by atoms with Crippen LogP contribution in [0.3, 0.4) is 0 Å². The second kappa shape index (κ2) is 9.10. The van der Waals surface area contributed by atoms with Crippen molar-refractivity contribution in [1.29, 1.82) is 0 Å². The summed E-state index contributed by atoms with van der Waals surface area (Å²) in [7, 11) is -4.37. The maximum absolute atomic E-state index is 13.9. The summed E-state index contributed by atoms with van der Waals surface area (Å²) < 4.78 is 39.9. The monoisotopic (exact) mass is 481 g/mol. The van der Waals surface area contributed by atoms with Crippen molar-refractivity contribution in [3.63, 3.8) is 0 Å². The summed E-state index contributed by atoms with van der Waals surface area (Å²) in [5.41, 5.74) is -0.644. The fourth-order valence-electron chi connectivity index (χ4n) is 5.14. The highest BCUT2D eigenvalue weighted by Gasteiger charge is 2.57. The smallest absolute Gasteiger partial charge is 0.409 e. The average molecular weight is 482 g/mol. The average Bonchev–Trinajstić information content (AvgIpc) is 2.74.